The first-order valence-electron chi connectivity index (χ1n) is 7.56. The van der Waals surface area contributed by atoms with Crippen molar-refractivity contribution in [2.75, 3.05) is 11.6 Å². The molecule has 25 heavy (non-hydrogen) atoms. The fourth-order valence-electron chi connectivity index (χ4n) is 2.63. The Hall–Kier alpha value is -2.32. The number of hydrogen-bond donors (Lipinski definition) is 2. The van der Waals surface area contributed by atoms with Gasteiger partial charge in [0.1, 0.15) is 10.5 Å². The summed E-state index contributed by atoms with van der Waals surface area (Å²) in [4.78, 5) is 16.6. The Balaban J connectivity index is 2.22. The van der Waals surface area contributed by atoms with Crippen LogP contribution >= 0.6 is 11.6 Å². The number of aromatic amines is 1. The van der Waals surface area contributed by atoms with Crippen molar-refractivity contribution < 1.29 is 8.42 Å². The molecule has 0 aliphatic rings. The second-order valence-electron chi connectivity index (χ2n) is 5.77. The van der Waals surface area contributed by atoms with Crippen molar-refractivity contribution in [2.45, 2.75) is 18.2 Å². The lowest BCUT2D eigenvalue weighted by Crippen LogP contribution is -2.12. The van der Waals surface area contributed by atoms with Gasteiger partial charge in [-0.3, -0.25) is 14.6 Å². The standard InChI is InChI=1S/C16H17ClN4O3S/c1-4-9-5-6-10(12(7-9)25(3,23)24)18-11-8-13(17)19-15-14(11)16(22)21(2)20-15/h5-8H,4H2,1-3H3,(H2,18,19,20). The second kappa shape index (κ2) is 6.20. The van der Waals surface area contributed by atoms with Crippen LogP contribution in [0, 0.1) is 0 Å². The molecule has 0 atom stereocenters. The van der Waals surface area contributed by atoms with Crippen LogP contribution in [0.25, 0.3) is 11.0 Å². The molecule has 0 fully saturated rings. The molecule has 3 rings (SSSR count). The van der Waals surface area contributed by atoms with Crippen LogP contribution in [0.5, 0.6) is 0 Å². The quantitative estimate of drug-likeness (QED) is 0.678. The summed E-state index contributed by atoms with van der Waals surface area (Å²) in [6.07, 6.45) is 1.86. The molecule has 0 spiro atoms. The third-order valence-corrected chi connectivity index (χ3v) is 5.23. The number of hydrogen-bond acceptors (Lipinski definition) is 5. The fraction of sp³-hybridized carbons (Fsp3) is 0.250. The van der Waals surface area contributed by atoms with Crippen molar-refractivity contribution in [1.82, 2.24) is 14.8 Å². The molecular formula is C16H17ClN4O3S. The Morgan fingerprint density at radius 1 is 1.28 bits per heavy atom. The average Bonchev–Trinajstić information content (AvgIpc) is 2.81. The first-order valence-corrected chi connectivity index (χ1v) is 9.83. The van der Waals surface area contributed by atoms with Gasteiger partial charge in [-0.05, 0) is 30.2 Å². The highest BCUT2D eigenvalue weighted by molar-refractivity contribution is 7.90. The van der Waals surface area contributed by atoms with Gasteiger partial charge < -0.3 is 5.32 Å². The topological polar surface area (TPSA) is 96.8 Å². The van der Waals surface area contributed by atoms with Gasteiger partial charge in [-0.1, -0.05) is 24.6 Å². The molecule has 1 aromatic carbocycles. The van der Waals surface area contributed by atoms with Crippen LogP contribution in [0.4, 0.5) is 11.4 Å². The second-order valence-corrected chi connectivity index (χ2v) is 8.14. The summed E-state index contributed by atoms with van der Waals surface area (Å²) in [5, 5.41) is 6.33. The molecule has 0 radical (unpaired) electrons. The zero-order valence-electron chi connectivity index (χ0n) is 13.9. The maximum Gasteiger partial charge on any atom is 0.277 e. The molecule has 3 aromatic rings. The molecule has 0 aliphatic carbocycles. The molecule has 2 N–H and O–H groups in total. The number of fused-ring (bicyclic) bond motifs is 1. The first-order chi connectivity index (χ1) is 11.7. The number of halogens is 1. The lowest BCUT2D eigenvalue weighted by atomic mass is 10.1. The third kappa shape index (κ3) is 3.27. The van der Waals surface area contributed by atoms with E-state index < -0.39 is 9.84 Å². The lowest BCUT2D eigenvalue weighted by Gasteiger charge is -2.13. The van der Waals surface area contributed by atoms with Crippen LogP contribution in [0.1, 0.15) is 12.5 Å². The van der Waals surface area contributed by atoms with E-state index >= 15 is 0 Å². The zero-order chi connectivity index (χ0) is 18.4. The predicted octanol–water partition coefficient (Wildman–Crippen LogP) is 2.62. The van der Waals surface area contributed by atoms with Crippen LogP contribution < -0.4 is 10.9 Å². The summed E-state index contributed by atoms with van der Waals surface area (Å²) < 4.78 is 25.6. The van der Waals surface area contributed by atoms with Crippen molar-refractivity contribution in [3.8, 4) is 0 Å². The summed E-state index contributed by atoms with van der Waals surface area (Å²) in [6, 6.07) is 6.66. The monoisotopic (exact) mass is 380 g/mol. The molecule has 0 bridgehead atoms. The van der Waals surface area contributed by atoms with E-state index in [4.69, 9.17) is 11.6 Å². The van der Waals surface area contributed by atoms with Crippen LogP contribution in [0.2, 0.25) is 5.15 Å². The lowest BCUT2D eigenvalue weighted by molar-refractivity contribution is 0.602. The largest absolute Gasteiger partial charge is 0.354 e. The van der Waals surface area contributed by atoms with E-state index in [1.807, 2.05) is 13.0 Å². The van der Waals surface area contributed by atoms with Crippen LogP contribution in [-0.4, -0.2) is 29.4 Å². The van der Waals surface area contributed by atoms with Crippen LogP contribution in [0.3, 0.4) is 0 Å². The Morgan fingerprint density at radius 2 is 2.00 bits per heavy atom. The number of nitrogens with zero attached hydrogens (tertiary/aromatic N) is 2. The normalized spacial score (nSPS) is 11.8. The average molecular weight is 381 g/mol. The molecule has 2 heterocycles. The minimum absolute atomic E-state index is 0.167. The molecule has 0 saturated carbocycles. The molecule has 0 saturated heterocycles. The number of aromatic nitrogens is 3. The molecule has 0 amide bonds. The maximum absolute atomic E-state index is 12.3. The van der Waals surface area contributed by atoms with E-state index in [-0.39, 0.29) is 15.6 Å². The smallest absolute Gasteiger partial charge is 0.277 e. The van der Waals surface area contributed by atoms with Gasteiger partial charge in [0.25, 0.3) is 5.56 Å². The minimum Gasteiger partial charge on any atom is -0.354 e. The highest BCUT2D eigenvalue weighted by atomic mass is 35.5. The van der Waals surface area contributed by atoms with Crippen molar-refractivity contribution >= 4 is 43.8 Å². The molecule has 9 heteroatoms. The molecule has 7 nitrogen and oxygen atoms in total. The Bertz CT molecular complexity index is 1130. The number of aryl methyl sites for hydroxylation is 2. The summed E-state index contributed by atoms with van der Waals surface area (Å²) >= 11 is 6.03. The van der Waals surface area contributed by atoms with Crippen molar-refractivity contribution in [1.29, 1.82) is 0 Å². The summed E-state index contributed by atoms with van der Waals surface area (Å²) in [7, 11) is -1.89. The van der Waals surface area contributed by atoms with E-state index in [0.717, 1.165) is 11.8 Å². The number of benzene rings is 1. The van der Waals surface area contributed by atoms with Gasteiger partial charge in [0.15, 0.2) is 15.5 Å². The number of rotatable bonds is 4. The molecule has 2 aromatic heterocycles. The van der Waals surface area contributed by atoms with Gasteiger partial charge in [-0.25, -0.2) is 13.4 Å². The van der Waals surface area contributed by atoms with E-state index in [2.05, 4.69) is 15.4 Å². The predicted molar refractivity (Wildman–Crippen MR) is 98.6 cm³/mol. The highest BCUT2D eigenvalue weighted by Gasteiger charge is 2.18. The van der Waals surface area contributed by atoms with Gasteiger partial charge in [0, 0.05) is 13.3 Å². The van der Waals surface area contributed by atoms with Crippen molar-refractivity contribution in [2.24, 2.45) is 7.05 Å². The number of anilines is 2. The fourth-order valence-corrected chi connectivity index (χ4v) is 3.71. The van der Waals surface area contributed by atoms with Gasteiger partial charge in [-0.2, -0.15) is 0 Å². The Labute approximate surface area is 149 Å². The van der Waals surface area contributed by atoms with Crippen LogP contribution in [0.15, 0.2) is 34.0 Å². The minimum atomic E-state index is -3.46. The van der Waals surface area contributed by atoms with Crippen molar-refractivity contribution in [3.05, 3.63) is 45.3 Å². The third-order valence-electron chi connectivity index (χ3n) is 3.90. The van der Waals surface area contributed by atoms with Gasteiger partial charge in [0.05, 0.1) is 16.3 Å². The molecule has 132 valence electrons. The summed E-state index contributed by atoms with van der Waals surface area (Å²) in [5.74, 6) is 0. The highest BCUT2D eigenvalue weighted by Crippen LogP contribution is 2.30. The molecule has 0 unspecified atom stereocenters. The molecule has 0 aliphatic heterocycles. The summed E-state index contributed by atoms with van der Waals surface area (Å²) in [5.41, 5.74) is 1.72. The van der Waals surface area contributed by atoms with E-state index in [9.17, 15) is 13.2 Å². The van der Waals surface area contributed by atoms with Crippen molar-refractivity contribution in [3.63, 3.8) is 0 Å². The van der Waals surface area contributed by atoms with Gasteiger partial charge >= 0.3 is 0 Å². The Morgan fingerprint density at radius 3 is 2.64 bits per heavy atom. The number of pyridine rings is 1. The Kier molecular flexibility index (Phi) is 4.34. The van der Waals surface area contributed by atoms with Crippen LogP contribution in [-0.2, 0) is 23.3 Å². The zero-order valence-corrected chi connectivity index (χ0v) is 15.5. The number of nitrogens with one attached hydrogen (secondary N) is 2. The van der Waals surface area contributed by atoms with E-state index in [1.54, 1.807) is 19.2 Å². The first kappa shape index (κ1) is 17.5. The van der Waals surface area contributed by atoms with Gasteiger partial charge in [0.2, 0.25) is 0 Å². The molecular weight excluding hydrogens is 364 g/mol. The number of sulfone groups is 1. The van der Waals surface area contributed by atoms with Gasteiger partial charge in [-0.15, -0.1) is 0 Å². The summed E-state index contributed by atoms with van der Waals surface area (Å²) in [6.45, 7) is 1.95. The van der Waals surface area contributed by atoms with E-state index in [0.29, 0.717) is 28.8 Å². The number of H-pyrrole nitrogens is 1. The van der Waals surface area contributed by atoms with E-state index in [1.165, 1.54) is 10.7 Å². The SMILES string of the molecule is CCc1ccc(Nc2cc(Cl)nc3[nH]n(C)c(=O)c23)c(S(C)(=O)=O)c1. The maximum atomic E-state index is 12.3.